The summed E-state index contributed by atoms with van der Waals surface area (Å²) in [6.45, 7) is 2.02. The fraction of sp³-hybridized carbons (Fsp3) is 0.333. The number of hydrogen-bond donors (Lipinski definition) is 2. The van der Waals surface area contributed by atoms with E-state index in [1.54, 1.807) is 41.0 Å². The van der Waals surface area contributed by atoms with E-state index in [0.29, 0.717) is 23.0 Å². The molecule has 2 aromatic heterocycles. The lowest BCUT2D eigenvalue weighted by molar-refractivity contribution is -0.610. The summed E-state index contributed by atoms with van der Waals surface area (Å²) in [6.07, 6.45) is -2.64. The molecule has 0 atom stereocenters. The predicted octanol–water partition coefficient (Wildman–Crippen LogP) is 1.05. The van der Waals surface area contributed by atoms with E-state index in [4.69, 9.17) is 9.84 Å². The van der Waals surface area contributed by atoms with Crippen molar-refractivity contribution < 1.29 is 40.0 Å². The maximum atomic E-state index is 13.0. The van der Waals surface area contributed by atoms with Gasteiger partial charge in [0, 0.05) is 17.4 Å². The zero-order chi connectivity index (χ0) is 20.3. The van der Waals surface area contributed by atoms with Crippen LogP contribution in [0.5, 0.6) is 5.75 Å². The molecule has 0 fully saturated rings. The van der Waals surface area contributed by atoms with Crippen molar-refractivity contribution in [1.29, 1.82) is 0 Å². The number of imidazole rings is 1. The molecule has 0 saturated carbocycles. The van der Waals surface area contributed by atoms with Crippen LogP contribution in [0.4, 0.5) is 13.2 Å². The van der Waals surface area contributed by atoms with E-state index in [1.165, 1.54) is 6.07 Å². The molecule has 0 amide bonds. The smallest absolute Gasteiger partial charge is 0.416 e. The maximum Gasteiger partial charge on any atom is 0.416 e. The lowest BCUT2D eigenvalue weighted by atomic mass is 10.2. The number of nitrogens with zero attached hydrogens (tertiary/aromatic N) is 2. The highest BCUT2D eigenvalue weighted by Crippen LogP contribution is 2.31. The van der Waals surface area contributed by atoms with Gasteiger partial charge in [0.05, 0.1) is 31.2 Å². The largest absolute Gasteiger partial charge is 1.00 e. The van der Waals surface area contributed by atoms with Gasteiger partial charge in [0.2, 0.25) is 0 Å². The molecule has 2 heterocycles. The first kappa shape index (κ1) is 23.7. The normalized spacial score (nSPS) is 11.5. The maximum absolute atomic E-state index is 13.0. The van der Waals surface area contributed by atoms with Gasteiger partial charge in [0.25, 0.3) is 0 Å². The second-order valence-corrected chi connectivity index (χ2v) is 8.51. The lowest BCUT2D eigenvalue weighted by Gasteiger charge is -2.12. The van der Waals surface area contributed by atoms with Gasteiger partial charge in [-0.05, 0) is 25.1 Å². The van der Waals surface area contributed by atoms with Gasteiger partial charge in [0.1, 0.15) is 17.0 Å². The molecule has 0 bridgehead atoms. The molecule has 3 aromatic rings. The molecule has 5 nitrogen and oxygen atoms in total. The number of rotatable bonds is 7. The number of aromatic amines is 1. The Bertz CT molecular complexity index is 983. The van der Waals surface area contributed by atoms with Crippen molar-refractivity contribution >= 4 is 32.6 Å². The van der Waals surface area contributed by atoms with Crippen LogP contribution in [-0.2, 0) is 11.9 Å². The molecular formula is C18H19ClF3N3O2S2. The van der Waals surface area contributed by atoms with Crippen LogP contribution >= 0.6 is 21.6 Å². The van der Waals surface area contributed by atoms with Gasteiger partial charge in [-0.15, -0.1) is 0 Å². The van der Waals surface area contributed by atoms with Crippen LogP contribution in [0.15, 0.2) is 30.5 Å². The zero-order valence-corrected chi connectivity index (χ0v) is 18.0. The summed E-state index contributed by atoms with van der Waals surface area (Å²) in [5, 5.41) is 8.94. The van der Waals surface area contributed by atoms with E-state index in [9.17, 15) is 13.2 Å². The number of hydrogen-bond acceptors (Lipinski definition) is 5. The summed E-state index contributed by atoms with van der Waals surface area (Å²) in [7, 11) is 4.70. The fourth-order valence-electron chi connectivity index (χ4n) is 2.75. The van der Waals surface area contributed by atoms with E-state index in [2.05, 4.69) is 9.97 Å². The Morgan fingerprint density at radius 3 is 2.66 bits per heavy atom. The Balaban J connectivity index is 0.00000300. The summed E-state index contributed by atoms with van der Waals surface area (Å²) in [5.74, 6) is 2.37. The first-order valence-electron chi connectivity index (χ1n) is 8.36. The first-order valence-corrected chi connectivity index (χ1v) is 10.8. The van der Waals surface area contributed by atoms with Gasteiger partial charge < -0.3 is 22.3 Å². The fourth-order valence-corrected chi connectivity index (χ4v) is 4.66. The number of ether oxygens (including phenoxy) is 1. The number of aromatic nitrogens is 3. The molecule has 0 aliphatic rings. The van der Waals surface area contributed by atoms with E-state index < -0.39 is 11.7 Å². The van der Waals surface area contributed by atoms with Crippen molar-refractivity contribution in [3.8, 4) is 11.7 Å². The third-order valence-electron chi connectivity index (χ3n) is 4.17. The summed E-state index contributed by atoms with van der Waals surface area (Å²) in [4.78, 5) is 7.45. The minimum absolute atomic E-state index is 0. The molecule has 2 N–H and O–H groups in total. The van der Waals surface area contributed by atoms with Gasteiger partial charge in [-0.25, -0.2) is 9.55 Å². The van der Waals surface area contributed by atoms with Crippen molar-refractivity contribution in [2.24, 2.45) is 0 Å². The quantitative estimate of drug-likeness (QED) is 0.310. The number of H-pyrrole nitrogens is 1. The van der Waals surface area contributed by atoms with Crippen LogP contribution in [0.3, 0.4) is 0 Å². The van der Waals surface area contributed by atoms with Crippen LogP contribution < -0.4 is 21.7 Å². The van der Waals surface area contributed by atoms with Crippen LogP contribution in [-0.4, -0.2) is 34.5 Å². The molecule has 11 heteroatoms. The number of nitrogens with one attached hydrogen (secondary N) is 1. The molecule has 0 aliphatic carbocycles. The summed E-state index contributed by atoms with van der Waals surface area (Å²) >= 11 is 0. The average molecular weight is 466 g/mol. The van der Waals surface area contributed by atoms with E-state index >= 15 is 0 Å². The van der Waals surface area contributed by atoms with Crippen molar-refractivity contribution in [1.82, 2.24) is 9.97 Å². The topological polar surface area (TPSA) is 62.0 Å². The number of methoxy groups -OCH3 is 1. The molecule has 0 spiro atoms. The number of pyridine rings is 1. The second kappa shape index (κ2) is 9.92. The Labute approximate surface area is 179 Å². The number of aliphatic hydroxyl groups is 1. The molecule has 0 unspecified atom stereocenters. The highest BCUT2D eigenvalue weighted by atomic mass is 35.5. The summed E-state index contributed by atoms with van der Waals surface area (Å²) in [5.41, 5.74) is 1.87. The van der Waals surface area contributed by atoms with Crippen LogP contribution in [0.1, 0.15) is 16.8 Å². The van der Waals surface area contributed by atoms with Crippen molar-refractivity contribution in [3.05, 3.63) is 47.3 Å². The molecular weight excluding hydrogens is 447 g/mol. The zero-order valence-electron chi connectivity index (χ0n) is 15.6. The highest BCUT2D eigenvalue weighted by molar-refractivity contribution is 8.76. The molecule has 0 aliphatic heterocycles. The number of alkyl halides is 3. The lowest BCUT2D eigenvalue weighted by Crippen LogP contribution is -3.00. The highest BCUT2D eigenvalue weighted by Gasteiger charge is 2.32. The summed E-state index contributed by atoms with van der Waals surface area (Å²) < 4.78 is 46.1. The minimum atomic E-state index is -4.41. The van der Waals surface area contributed by atoms with E-state index in [0.717, 1.165) is 29.1 Å². The molecule has 0 saturated heterocycles. The summed E-state index contributed by atoms with van der Waals surface area (Å²) in [6, 6.07) is 5.25. The van der Waals surface area contributed by atoms with Crippen molar-refractivity contribution in [2.45, 2.75) is 18.9 Å². The van der Waals surface area contributed by atoms with Crippen LogP contribution in [0.25, 0.3) is 17.0 Å². The van der Waals surface area contributed by atoms with Gasteiger partial charge in [0.15, 0.2) is 5.52 Å². The Morgan fingerprint density at radius 2 is 2.00 bits per heavy atom. The van der Waals surface area contributed by atoms with Crippen molar-refractivity contribution in [2.75, 3.05) is 19.5 Å². The van der Waals surface area contributed by atoms with E-state index in [1.807, 2.05) is 11.5 Å². The van der Waals surface area contributed by atoms with Crippen molar-refractivity contribution in [3.63, 3.8) is 0 Å². The van der Waals surface area contributed by atoms with Gasteiger partial charge in [-0.3, -0.25) is 0 Å². The Hall–Kier alpha value is -1.62. The predicted molar refractivity (Wildman–Crippen MR) is 105 cm³/mol. The Morgan fingerprint density at radius 1 is 1.24 bits per heavy atom. The third kappa shape index (κ3) is 5.30. The second-order valence-electron chi connectivity index (χ2n) is 5.92. The number of halogens is 4. The van der Waals surface area contributed by atoms with Gasteiger partial charge in [-0.1, -0.05) is 26.6 Å². The molecule has 3 rings (SSSR count). The SMILES string of the molecule is COc1cc[n+](-c2nc3cc(C(F)(F)F)ccc3[nH]2)c(CSSCCO)c1C.[Cl-]. The standard InChI is InChI=1S/C18H19F3N3O2S2.ClH/c1-11-15(10-28-27-8-7-25)24(6-5-16(11)26-2)17-22-13-4-3-12(18(19,20)21)9-14(13)23-17;/h3-6,9,25H,7-8,10H2,1-2H3,(H,22,23);1H/q+1;/p-1. The third-order valence-corrected chi connectivity index (χ3v) is 6.43. The first-order chi connectivity index (χ1) is 13.3. The monoisotopic (exact) mass is 465 g/mol. The number of aliphatic hydroxyl groups excluding tert-OH is 1. The number of benzene rings is 1. The van der Waals surface area contributed by atoms with Crippen LogP contribution in [0, 0.1) is 6.92 Å². The molecule has 29 heavy (non-hydrogen) atoms. The van der Waals surface area contributed by atoms with E-state index in [-0.39, 0.29) is 24.5 Å². The Kier molecular flexibility index (Phi) is 8.10. The minimum Gasteiger partial charge on any atom is -1.00 e. The molecule has 1 aromatic carbocycles. The van der Waals surface area contributed by atoms with Gasteiger partial charge in [-0.2, -0.15) is 13.2 Å². The average Bonchev–Trinajstić information content (AvgIpc) is 3.08. The molecule has 0 radical (unpaired) electrons. The van der Waals surface area contributed by atoms with Crippen LogP contribution in [0.2, 0.25) is 0 Å². The molecule has 158 valence electrons. The number of fused-ring (bicyclic) bond motifs is 1. The van der Waals surface area contributed by atoms with Gasteiger partial charge >= 0.3 is 12.1 Å².